The fourth-order valence-corrected chi connectivity index (χ4v) is 8.11. The van der Waals surface area contributed by atoms with E-state index in [1.54, 1.807) is 0 Å². The number of piperazine rings is 1. The van der Waals surface area contributed by atoms with E-state index in [1.165, 1.54) is 167 Å². The summed E-state index contributed by atoms with van der Waals surface area (Å²) in [4.78, 5) is 2.48. The molecule has 1 aliphatic heterocycles. The van der Waals surface area contributed by atoms with Crippen molar-refractivity contribution in [2.24, 2.45) is 5.73 Å². The zero-order chi connectivity index (χ0) is 34.8. The van der Waals surface area contributed by atoms with Gasteiger partial charge in [-0.15, -0.1) is 0 Å². The Morgan fingerprint density at radius 2 is 0.816 bits per heavy atom. The van der Waals surface area contributed by atoms with Crippen LogP contribution >= 0.6 is 0 Å². The van der Waals surface area contributed by atoms with Crippen LogP contribution in [0.2, 0.25) is 0 Å². The molecule has 0 aromatic carbocycles. The lowest BCUT2D eigenvalue weighted by Crippen LogP contribution is -3.00. The summed E-state index contributed by atoms with van der Waals surface area (Å²) < 4.78 is 1.02. The number of nitrogens with two attached hydrogens (primary N) is 1. The van der Waals surface area contributed by atoms with E-state index in [1.807, 2.05) is 0 Å². The van der Waals surface area contributed by atoms with Crippen LogP contribution in [0, 0.1) is 0 Å². The van der Waals surface area contributed by atoms with Crippen LogP contribution in [0.4, 0.5) is 0 Å². The molecule has 1 aliphatic rings. The van der Waals surface area contributed by atoms with Gasteiger partial charge in [-0.3, -0.25) is 4.90 Å². The largest absolute Gasteiger partial charge is 1.00 e. The van der Waals surface area contributed by atoms with Crippen LogP contribution in [0.3, 0.4) is 0 Å². The first-order valence-electron chi connectivity index (χ1n) is 22.2. The fraction of sp³-hybridized carbons (Fsp3) is 1.00. The molecule has 1 saturated heterocycles. The average molecular weight is 761 g/mol. The Hall–Kier alpha value is 0.280. The number of quaternary nitrogens is 1. The number of halogens is 1. The van der Waals surface area contributed by atoms with Crippen molar-refractivity contribution in [3.8, 4) is 0 Å². The first kappa shape index (κ1) is 49.3. The van der Waals surface area contributed by atoms with Gasteiger partial charge in [-0.05, 0) is 19.4 Å². The fourth-order valence-electron chi connectivity index (χ4n) is 8.11. The molecule has 0 saturated carbocycles. The first-order valence-corrected chi connectivity index (χ1v) is 22.2. The minimum Gasteiger partial charge on any atom is -1.00 e. The molecule has 1 fully saturated rings. The molecule has 0 amide bonds. The molecule has 0 radical (unpaired) electrons. The maximum atomic E-state index is 11.0. The molecule has 2 atom stereocenters. The molecule has 0 bridgehead atoms. The lowest BCUT2D eigenvalue weighted by Gasteiger charge is -2.46. The molecule has 2 unspecified atom stereocenters. The number of hydrogen-bond donors (Lipinski definition) is 3. The third-order valence-electron chi connectivity index (χ3n) is 11.5. The van der Waals surface area contributed by atoms with Gasteiger partial charge in [0.25, 0.3) is 0 Å². The minimum atomic E-state index is -0.197. The van der Waals surface area contributed by atoms with E-state index in [9.17, 15) is 10.2 Å². The smallest absolute Gasteiger partial charge is 0.105 e. The van der Waals surface area contributed by atoms with Crippen LogP contribution in [-0.4, -0.2) is 84.2 Å². The van der Waals surface area contributed by atoms with Gasteiger partial charge in [0.1, 0.15) is 12.6 Å². The van der Waals surface area contributed by atoms with Crippen LogP contribution in [0.15, 0.2) is 0 Å². The number of β-amino-alcohol motifs (C(OH)–C–C–N with tert-alkyl or cyclic N) is 1. The molecule has 4 N–H and O–H groups in total. The third-order valence-corrected chi connectivity index (χ3v) is 11.5. The number of nitrogens with zero attached hydrogens (tertiary/aromatic N) is 2. The van der Waals surface area contributed by atoms with Gasteiger partial charge in [0.05, 0.1) is 25.7 Å². The Bertz CT molecular complexity index is 647. The molecule has 49 heavy (non-hydrogen) atoms. The predicted octanol–water partition coefficient (Wildman–Crippen LogP) is 7.94. The summed E-state index contributed by atoms with van der Waals surface area (Å²) in [6, 6.07) is 0. The monoisotopic (exact) mass is 760 g/mol. The van der Waals surface area contributed by atoms with Crippen LogP contribution in [0.5, 0.6) is 0 Å². The van der Waals surface area contributed by atoms with Gasteiger partial charge >= 0.3 is 0 Å². The molecule has 1 heterocycles. The summed E-state index contributed by atoms with van der Waals surface area (Å²) >= 11 is 0. The van der Waals surface area contributed by atoms with E-state index in [0.717, 1.165) is 88.9 Å². The number of hydrogen-bond acceptors (Lipinski definition) is 4. The minimum absolute atomic E-state index is 0. The van der Waals surface area contributed by atoms with E-state index in [2.05, 4.69) is 18.7 Å². The highest BCUT2D eigenvalue weighted by molar-refractivity contribution is 4.71. The molecule has 6 heteroatoms. The summed E-state index contributed by atoms with van der Waals surface area (Å²) in [7, 11) is 0. The summed E-state index contributed by atoms with van der Waals surface area (Å²) in [5, 5.41) is 21.8. The van der Waals surface area contributed by atoms with Gasteiger partial charge < -0.3 is 37.4 Å². The topological polar surface area (TPSA) is 69.7 Å². The maximum absolute atomic E-state index is 11.0. The number of aliphatic hydroxyl groups is 2. The summed E-state index contributed by atoms with van der Waals surface area (Å²) in [5.41, 5.74) is 5.93. The van der Waals surface area contributed by atoms with Gasteiger partial charge in [-0.1, -0.05) is 194 Å². The van der Waals surface area contributed by atoms with Gasteiger partial charge in [-0.2, -0.15) is 0 Å². The van der Waals surface area contributed by atoms with Crippen LogP contribution < -0.4 is 22.7 Å². The van der Waals surface area contributed by atoms with Crippen molar-refractivity contribution in [1.82, 2.24) is 4.90 Å². The second-order valence-electron chi connectivity index (χ2n) is 16.2. The number of aliphatic hydroxyl groups excluding tert-OH is 2. The van der Waals surface area contributed by atoms with E-state index in [4.69, 9.17) is 5.73 Å². The molecule has 0 aliphatic carbocycles. The Kier molecular flexibility index (Phi) is 36.8. The lowest BCUT2D eigenvalue weighted by atomic mass is 10.0. The second kappa shape index (κ2) is 36.6. The molecule has 0 aromatic heterocycles. The second-order valence-corrected chi connectivity index (χ2v) is 16.2. The van der Waals surface area contributed by atoms with Crippen molar-refractivity contribution in [2.45, 2.75) is 225 Å². The van der Waals surface area contributed by atoms with Crippen molar-refractivity contribution < 1.29 is 31.7 Å². The van der Waals surface area contributed by atoms with E-state index < -0.39 is 0 Å². The van der Waals surface area contributed by atoms with E-state index in [0.29, 0.717) is 0 Å². The standard InChI is InChI=1S/C43H90N3O2.BrH/c1-3-5-7-9-11-13-15-17-19-21-23-25-27-29-32-42(47)40-45-35-38-46(39-36-45,37-31-34-44)41-43(48)33-30-28-26-24-22-20-18-16-14-12-10-8-6-4-2;/h42-43,47-48H,3-41,44H2,1-2H3;1H/q+1;/p-1. The SMILES string of the molecule is CCCCCCCCCCCCCCCCC(O)CN1CC[N+](CCCN)(CC(O)CCCCCCCCCCCCCCCC)CC1.[Br-]. The summed E-state index contributed by atoms with van der Waals surface area (Å²) in [6.45, 7) is 12.3. The van der Waals surface area contributed by atoms with Crippen molar-refractivity contribution >= 4 is 0 Å². The van der Waals surface area contributed by atoms with Gasteiger partial charge in [0.2, 0.25) is 0 Å². The van der Waals surface area contributed by atoms with E-state index in [-0.39, 0.29) is 29.2 Å². The Morgan fingerprint density at radius 1 is 0.490 bits per heavy atom. The van der Waals surface area contributed by atoms with Gasteiger partial charge in [0, 0.05) is 26.1 Å². The molecule has 1 rings (SSSR count). The molecular formula is C43H90BrN3O2. The molecule has 0 spiro atoms. The number of unbranched alkanes of at least 4 members (excludes halogenated alkanes) is 26. The van der Waals surface area contributed by atoms with Gasteiger partial charge in [0.15, 0.2) is 0 Å². The number of rotatable bonds is 37. The molecule has 0 aromatic rings. The van der Waals surface area contributed by atoms with Crippen molar-refractivity contribution in [1.29, 1.82) is 0 Å². The van der Waals surface area contributed by atoms with Crippen molar-refractivity contribution in [3.05, 3.63) is 0 Å². The molecular weight excluding hydrogens is 670 g/mol. The predicted molar refractivity (Wildman–Crippen MR) is 212 cm³/mol. The third kappa shape index (κ3) is 30.4. The van der Waals surface area contributed by atoms with Crippen LogP contribution in [0.1, 0.15) is 213 Å². The summed E-state index contributed by atoms with van der Waals surface area (Å²) in [5.74, 6) is 0. The van der Waals surface area contributed by atoms with E-state index >= 15 is 0 Å². The molecule has 296 valence electrons. The molecule has 5 nitrogen and oxygen atoms in total. The Labute approximate surface area is 318 Å². The highest BCUT2D eigenvalue weighted by atomic mass is 79.9. The Balaban J connectivity index is 0.0000230. The highest BCUT2D eigenvalue weighted by Gasteiger charge is 2.34. The zero-order valence-electron chi connectivity index (χ0n) is 33.5. The first-order chi connectivity index (χ1) is 23.5. The Morgan fingerprint density at radius 3 is 1.16 bits per heavy atom. The zero-order valence-corrected chi connectivity index (χ0v) is 35.1. The normalized spacial score (nSPS) is 16.1. The lowest BCUT2D eigenvalue weighted by molar-refractivity contribution is -0.934. The van der Waals surface area contributed by atoms with Crippen molar-refractivity contribution in [2.75, 3.05) is 52.4 Å². The highest BCUT2D eigenvalue weighted by Crippen LogP contribution is 2.20. The van der Waals surface area contributed by atoms with Crippen LogP contribution in [-0.2, 0) is 0 Å². The average Bonchev–Trinajstić information content (AvgIpc) is 3.08. The summed E-state index contributed by atoms with van der Waals surface area (Å²) in [6.07, 6.45) is 41.1. The van der Waals surface area contributed by atoms with Crippen molar-refractivity contribution in [3.63, 3.8) is 0 Å². The van der Waals surface area contributed by atoms with Gasteiger partial charge in [-0.25, -0.2) is 0 Å². The quantitative estimate of drug-likeness (QED) is 0.0445. The maximum Gasteiger partial charge on any atom is 0.105 e. The van der Waals surface area contributed by atoms with Crippen LogP contribution in [0.25, 0.3) is 0 Å².